The number of rotatable bonds is 3. The van der Waals surface area contributed by atoms with Gasteiger partial charge in [0.2, 0.25) is 0 Å². The first-order valence-electron chi connectivity index (χ1n) is 5.09. The molecule has 0 N–H and O–H groups in total. The molecule has 6 nitrogen and oxygen atoms in total. The smallest absolute Gasteiger partial charge is 0.331 e. The zero-order valence-corrected chi connectivity index (χ0v) is 10.2. The monoisotopic (exact) mass is 275 g/mol. The molecule has 0 spiro atoms. The van der Waals surface area contributed by atoms with Crippen molar-refractivity contribution in [2.75, 3.05) is 0 Å². The first-order chi connectivity index (χ1) is 9.10. The molecule has 0 aliphatic rings. The molecule has 0 radical (unpaired) electrons. The number of halogens is 1. The number of aromatic nitrogens is 1. The van der Waals surface area contributed by atoms with Crippen LogP contribution in [0.2, 0.25) is 5.15 Å². The van der Waals surface area contributed by atoms with Gasteiger partial charge >= 0.3 is 11.6 Å². The van der Waals surface area contributed by atoms with E-state index in [1.54, 1.807) is 18.2 Å². The largest absolute Gasteiger partial charge is 0.434 e. The van der Waals surface area contributed by atoms with Crippen LogP contribution in [-0.4, -0.2) is 9.91 Å². The minimum absolute atomic E-state index is 0.0806. The highest BCUT2D eigenvalue weighted by atomic mass is 35.5. The molecule has 94 valence electrons. The summed E-state index contributed by atoms with van der Waals surface area (Å²) in [6.45, 7) is 0. The Hall–Kier alpha value is -2.65. The van der Waals surface area contributed by atoms with Crippen molar-refractivity contribution in [3.8, 4) is 17.7 Å². The van der Waals surface area contributed by atoms with E-state index in [1.807, 2.05) is 6.07 Å². The van der Waals surface area contributed by atoms with E-state index < -0.39 is 4.92 Å². The number of hydrogen-bond acceptors (Lipinski definition) is 5. The Balaban J connectivity index is 2.40. The molecular formula is C12H6ClN3O3. The van der Waals surface area contributed by atoms with Gasteiger partial charge in [-0.3, -0.25) is 10.1 Å². The molecule has 0 amide bonds. The molecule has 0 aliphatic heterocycles. The van der Waals surface area contributed by atoms with Gasteiger partial charge in [-0.15, -0.1) is 0 Å². The Labute approximate surface area is 113 Å². The third-order valence-corrected chi connectivity index (χ3v) is 2.39. The van der Waals surface area contributed by atoms with Crippen molar-refractivity contribution in [1.82, 2.24) is 4.98 Å². The van der Waals surface area contributed by atoms with E-state index in [9.17, 15) is 10.1 Å². The Morgan fingerprint density at radius 2 is 2.16 bits per heavy atom. The number of ether oxygens (including phenoxy) is 1. The third-order valence-electron chi connectivity index (χ3n) is 2.18. The molecule has 0 saturated heterocycles. The van der Waals surface area contributed by atoms with Crippen LogP contribution in [0.15, 0.2) is 36.4 Å². The lowest BCUT2D eigenvalue weighted by atomic mass is 10.2. The zero-order chi connectivity index (χ0) is 13.8. The number of benzene rings is 1. The average Bonchev–Trinajstić information content (AvgIpc) is 2.38. The van der Waals surface area contributed by atoms with E-state index in [0.29, 0.717) is 5.56 Å². The van der Waals surface area contributed by atoms with Crippen molar-refractivity contribution >= 4 is 17.3 Å². The van der Waals surface area contributed by atoms with Crippen LogP contribution in [0.3, 0.4) is 0 Å². The highest BCUT2D eigenvalue weighted by molar-refractivity contribution is 6.29. The van der Waals surface area contributed by atoms with E-state index in [0.717, 1.165) is 0 Å². The van der Waals surface area contributed by atoms with Gasteiger partial charge < -0.3 is 4.74 Å². The number of nitro groups is 1. The first-order valence-corrected chi connectivity index (χ1v) is 5.47. The van der Waals surface area contributed by atoms with Crippen LogP contribution < -0.4 is 4.74 Å². The minimum atomic E-state index is -0.618. The lowest BCUT2D eigenvalue weighted by molar-refractivity contribution is -0.386. The summed E-state index contributed by atoms with van der Waals surface area (Å²) < 4.78 is 5.31. The lowest BCUT2D eigenvalue weighted by Gasteiger charge is -2.05. The van der Waals surface area contributed by atoms with Gasteiger partial charge in [0.1, 0.15) is 10.9 Å². The van der Waals surface area contributed by atoms with Gasteiger partial charge in [-0.05, 0) is 24.3 Å². The highest BCUT2D eigenvalue weighted by Crippen LogP contribution is 2.30. The minimum Gasteiger partial charge on any atom is -0.434 e. The molecule has 1 heterocycles. The Bertz CT molecular complexity index is 682. The van der Waals surface area contributed by atoms with E-state index >= 15 is 0 Å². The van der Waals surface area contributed by atoms with Gasteiger partial charge in [-0.2, -0.15) is 10.2 Å². The van der Waals surface area contributed by atoms with Crippen LogP contribution in [-0.2, 0) is 0 Å². The van der Waals surface area contributed by atoms with E-state index in [-0.39, 0.29) is 22.5 Å². The second-order valence-electron chi connectivity index (χ2n) is 3.46. The Morgan fingerprint density at radius 3 is 2.84 bits per heavy atom. The summed E-state index contributed by atoms with van der Waals surface area (Å²) in [7, 11) is 0. The lowest BCUT2D eigenvalue weighted by Crippen LogP contribution is -1.96. The summed E-state index contributed by atoms with van der Waals surface area (Å²) in [5, 5.41) is 19.7. The van der Waals surface area contributed by atoms with Crippen LogP contribution >= 0.6 is 11.6 Å². The van der Waals surface area contributed by atoms with Crippen molar-refractivity contribution in [3.05, 3.63) is 57.2 Å². The molecule has 1 aromatic heterocycles. The number of hydrogen-bond donors (Lipinski definition) is 0. The molecule has 1 aromatic carbocycles. The predicted octanol–water partition coefficient (Wildman–Crippen LogP) is 3.31. The molecular weight excluding hydrogens is 270 g/mol. The quantitative estimate of drug-likeness (QED) is 0.487. The number of nitrogens with zero attached hydrogens (tertiary/aromatic N) is 3. The van der Waals surface area contributed by atoms with Crippen molar-refractivity contribution in [1.29, 1.82) is 5.26 Å². The molecule has 2 rings (SSSR count). The Morgan fingerprint density at radius 1 is 1.37 bits per heavy atom. The SMILES string of the molecule is N#Cc1cccc(Oc2nc(Cl)ccc2[N+](=O)[O-])c1. The number of nitriles is 1. The molecule has 7 heteroatoms. The summed E-state index contributed by atoms with van der Waals surface area (Å²) >= 11 is 5.68. The van der Waals surface area contributed by atoms with Crippen molar-refractivity contribution in [2.45, 2.75) is 0 Å². The van der Waals surface area contributed by atoms with Gasteiger partial charge in [0.05, 0.1) is 16.6 Å². The van der Waals surface area contributed by atoms with Crippen molar-refractivity contribution in [2.24, 2.45) is 0 Å². The molecule has 0 aliphatic carbocycles. The van der Waals surface area contributed by atoms with Gasteiger partial charge in [-0.25, -0.2) is 0 Å². The van der Waals surface area contributed by atoms with E-state index in [2.05, 4.69) is 4.98 Å². The molecule has 19 heavy (non-hydrogen) atoms. The van der Waals surface area contributed by atoms with E-state index in [1.165, 1.54) is 18.2 Å². The third kappa shape index (κ3) is 2.97. The van der Waals surface area contributed by atoms with Gasteiger partial charge in [-0.1, -0.05) is 17.7 Å². The number of pyridine rings is 1. The van der Waals surface area contributed by atoms with Crippen LogP contribution in [0.5, 0.6) is 11.6 Å². The first kappa shape index (κ1) is 12.8. The summed E-state index contributed by atoms with van der Waals surface area (Å²) in [4.78, 5) is 14.0. The van der Waals surface area contributed by atoms with Crippen LogP contribution in [0, 0.1) is 21.4 Å². The summed E-state index contributed by atoms with van der Waals surface area (Å²) in [6, 6.07) is 10.7. The fourth-order valence-corrected chi connectivity index (χ4v) is 1.51. The molecule has 0 bridgehead atoms. The van der Waals surface area contributed by atoms with Gasteiger partial charge in [0, 0.05) is 6.07 Å². The normalized spacial score (nSPS) is 9.68. The highest BCUT2D eigenvalue weighted by Gasteiger charge is 2.18. The zero-order valence-electron chi connectivity index (χ0n) is 9.41. The second kappa shape index (κ2) is 5.33. The van der Waals surface area contributed by atoms with Crippen molar-refractivity contribution < 1.29 is 9.66 Å². The maximum Gasteiger partial charge on any atom is 0.331 e. The Kier molecular flexibility index (Phi) is 3.59. The van der Waals surface area contributed by atoms with Crippen LogP contribution in [0.4, 0.5) is 5.69 Å². The summed E-state index contributed by atoms with van der Waals surface area (Å²) in [6.07, 6.45) is 0. The van der Waals surface area contributed by atoms with Gasteiger partial charge in [0.25, 0.3) is 0 Å². The average molecular weight is 276 g/mol. The maximum atomic E-state index is 10.8. The summed E-state index contributed by atoms with van der Waals surface area (Å²) in [5.74, 6) is 0.0597. The molecule has 0 unspecified atom stereocenters. The van der Waals surface area contributed by atoms with Crippen molar-refractivity contribution in [3.63, 3.8) is 0 Å². The van der Waals surface area contributed by atoms with Crippen LogP contribution in [0.1, 0.15) is 5.56 Å². The predicted molar refractivity (Wildman–Crippen MR) is 67.1 cm³/mol. The fourth-order valence-electron chi connectivity index (χ4n) is 1.37. The van der Waals surface area contributed by atoms with Gasteiger partial charge in [0.15, 0.2) is 0 Å². The molecule has 0 atom stereocenters. The molecule has 2 aromatic rings. The fraction of sp³-hybridized carbons (Fsp3) is 0. The summed E-state index contributed by atoms with van der Waals surface area (Å²) in [5.41, 5.74) is 0.0777. The second-order valence-corrected chi connectivity index (χ2v) is 3.84. The maximum absolute atomic E-state index is 10.8. The van der Waals surface area contributed by atoms with E-state index in [4.69, 9.17) is 21.6 Å². The molecule has 0 fully saturated rings. The topological polar surface area (TPSA) is 89.0 Å². The molecule has 0 saturated carbocycles. The van der Waals surface area contributed by atoms with Crippen LogP contribution in [0.25, 0.3) is 0 Å². The standard InChI is InChI=1S/C12H6ClN3O3/c13-11-5-4-10(16(17)18)12(15-11)19-9-3-1-2-8(6-9)7-14/h1-6H.